The van der Waals surface area contributed by atoms with Crippen LogP contribution in [0.25, 0.3) is 0 Å². The minimum Gasteiger partial charge on any atom is -0.481 e. The number of carboxylic acids is 1. The molecule has 6 nitrogen and oxygen atoms in total. The number of hydrogen-bond acceptors (Lipinski definition) is 5. The van der Waals surface area contributed by atoms with Crippen molar-refractivity contribution < 1.29 is 37.0 Å². The summed E-state index contributed by atoms with van der Waals surface area (Å²) in [7, 11) is 0. The van der Waals surface area contributed by atoms with Crippen LogP contribution in [-0.4, -0.2) is 41.0 Å². The number of hydrogen-bond donors (Lipinski definition) is 2. The maximum absolute atomic E-state index is 13.6. The summed E-state index contributed by atoms with van der Waals surface area (Å²) in [5.41, 5.74) is 1.92. The first kappa shape index (κ1) is 18.0. The van der Waals surface area contributed by atoms with Gasteiger partial charge in [-0.15, -0.1) is 0 Å². The number of allylic oxidation sites excluding steroid dienone is 2. The summed E-state index contributed by atoms with van der Waals surface area (Å²) < 4.78 is 57.9. The Kier molecular flexibility index (Phi) is 6.35. The van der Waals surface area contributed by atoms with Gasteiger partial charge in [-0.3, -0.25) is 9.59 Å². The Morgan fingerprint density at radius 2 is 2.09 bits per heavy atom. The summed E-state index contributed by atoms with van der Waals surface area (Å²) in [4.78, 5) is 22.2. The van der Waals surface area contributed by atoms with Gasteiger partial charge in [0.25, 0.3) is 0 Å². The van der Waals surface area contributed by atoms with Crippen molar-refractivity contribution in [1.29, 1.82) is 0 Å². The smallest absolute Gasteiger partial charge is 0.324 e. The quantitative estimate of drug-likeness (QED) is 0.422. The molecule has 1 heterocycles. The van der Waals surface area contributed by atoms with Crippen LogP contribution in [0.5, 0.6) is 0 Å². The van der Waals surface area contributed by atoms with Crippen molar-refractivity contribution >= 4 is 11.9 Å². The maximum atomic E-state index is 13.6. The number of carboxylic acid groups (broad SMARTS) is 1. The fourth-order valence-electron chi connectivity index (χ4n) is 1.62. The summed E-state index contributed by atoms with van der Waals surface area (Å²) in [6.07, 6.45) is -3.57. The van der Waals surface area contributed by atoms with Gasteiger partial charge in [0.1, 0.15) is 6.04 Å². The molecule has 1 aliphatic rings. The van der Waals surface area contributed by atoms with E-state index >= 15 is 0 Å². The van der Waals surface area contributed by atoms with E-state index in [0.29, 0.717) is 0 Å². The molecule has 22 heavy (non-hydrogen) atoms. The standard InChI is InChI=1S/C12H14F4N2O4/c1-2-22-12(21)8(3-4-9(19)20)17-18-10(15)6(13)5-7(14)11(18)16/h5,8,10,17H,2-4H2,1H3,(H,19,20). The zero-order chi connectivity index (χ0) is 16.9. The van der Waals surface area contributed by atoms with Crippen LogP contribution in [0, 0.1) is 0 Å². The summed E-state index contributed by atoms with van der Waals surface area (Å²) in [5, 5.41) is 8.43. The fraction of sp³-hybridized carbons (Fsp3) is 0.500. The van der Waals surface area contributed by atoms with Crippen LogP contribution in [0.3, 0.4) is 0 Å². The average Bonchev–Trinajstić information content (AvgIpc) is 2.44. The summed E-state index contributed by atoms with van der Waals surface area (Å²) >= 11 is 0. The highest BCUT2D eigenvalue weighted by Crippen LogP contribution is 2.28. The highest BCUT2D eigenvalue weighted by Gasteiger charge is 2.35. The second kappa shape index (κ2) is 7.78. The lowest BCUT2D eigenvalue weighted by molar-refractivity contribution is -0.148. The second-order valence-corrected chi connectivity index (χ2v) is 4.24. The third kappa shape index (κ3) is 4.45. The lowest BCUT2D eigenvalue weighted by Crippen LogP contribution is -2.52. The van der Waals surface area contributed by atoms with Gasteiger partial charge in [-0.25, -0.2) is 23.6 Å². The Morgan fingerprint density at radius 1 is 1.45 bits per heavy atom. The normalized spacial score (nSPS) is 19.8. The molecule has 0 saturated carbocycles. The number of carbonyl (C=O) groups is 2. The van der Waals surface area contributed by atoms with Gasteiger partial charge in [-0.2, -0.15) is 4.39 Å². The van der Waals surface area contributed by atoms with Crippen molar-refractivity contribution in [2.45, 2.75) is 32.1 Å². The van der Waals surface area contributed by atoms with Crippen LogP contribution in [0.15, 0.2) is 23.7 Å². The number of ether oxygens (including phenoxy) is 1. The Bertz CT molecular complexity index is 509. The third-order valence-corrected chi connectivity index (χ3v) is 2.64. The predicted molar refractivity (Wildman–Crippen MR) is 65.6 cm³/mol. The zero-order valence-corrected chi connectivity index (χ0v) is 11.5. The fourth-order valence-corrected chi connectivity index (χ4v) is 1.62. The first-order valence-corrected chi connectivity index (χ1v) is 6.28. The second-order valence-electron chi connectivity index (χ2n) is 4.24. The van der Waals surface area contributed by atoms with Crippen molar-refractivity contribution in [3.63, 3.8) is 0 Å². The molecule has 0 aromatic rings. The van der Waals surface area contributed by atoms with Crippen LogP contribution < -0.4 is 5.43 Å². The van der Waals surface area contributed by atoms with Crippen molar-refractivity contribution in [1.82, 2.24) is 10.4 Å². The van der Waals surface area contributed by atoms with Crippen molar-refractivity contribution in [3.05, 3.63) is 23.7 Å². The van der Waals surface area contributed by atoms with Crippen LogP contribution in [0.1, 0.15) is 19.8 Å². The molecule has 0 amide bonds. The monoisotopic (exact) mass is 326 g/mol. The van der Waals surface area contributed by atoms with Crippen LogP contribution in [0.4, 0.5) is 17.6 Å². The third-order valence-electron chi connectivity index (χ3n) is 2.64. The Hall–Kier alpha value is -2.10. The largest absolute Gasteiger partial charge is 0.481 e. The van der Waals surface area contributed by atoms with Crippen LogP contribution >= 0.6 is 0 Å². The number of halogens is 4. The van der Waals surface area contributed by atoms with E-state index in [0.717, 1.165) is 0 Å². The van der Waals surface area contributed by atoms with Gasteiger partial charge in [-0.1, -0.05) is 0 Å². The molecule has 0 fully saturated rings. The molecule has 2 N–H and O–H groups in total. The van der Waals surface area contributed by atoms with E-state index in [1.54, 1.807) is 0 Å². The minimum atomic E-state index is -2.69. The number of esters is 1. The Labute approximate surface area is 123 Å². The van der Waals surface area contributed by atoms with E-state index in [1.807, 2.05) is 5.43 Å². The van der Waals surface area contributed by atoms with E-state index in [9.17, 15) is 27.2 Å². The van der Waals surface area contributed by atoms with Gasteiger partial charge in [0.05, 0.1) is 6.61 Å². The van der Waals surface area contributed by atoms with Gasteiger partial charge in [-0.05, 0) is 13.3 Å². The van der Waals surface area contributed by atoms with Gasteiger partial charge in [0.2, 0.25) is 12.2 Å². The molecule has 1 aliphatic heterocycles. The van der Waals surface area contributed by atoms with Crippen molar-refractivity contribution in [2.24, 2.45) is 0 Å². The lowest BCUT2D eigenvalue weighted by atomic mass is 10.1. The molecule has 0 aromatic carbocycles. The molecule has 0 aliphatic carbocycles. The predicted octanol–water partition coefficient (Wildman–Crippen LogP) is 1.86. The van der Waals surface area contributed by atoms with Gasteiger partial charge >= 0.3 is 11.9 Å². The Morgan fingerprint density at radius 3 is 2.64 bits per heavy atom. The van der Waals surface area contributed by atoms with E-state index in [-0.39, 0.29) is 17.7 Å². The summed E-state index contributed by atoms with van der Waals surface area (Å²) in [5.74, 6) is -7.30. The number of carbonyl (C=O) groups excluding carboxylic acids is 1. The van der Waals surface area contributed by atoms with Crippen LogP contribution in [0.2, 0.25) is 0 Å². The van der Waals surface area contributed by atoms with Crippen molar-refractivity contribution in [3.8, 4) is 0 Å². The van der Waals surface area contributed by atoms with Gasteiger partial charge in [0, 0.05) is 12.5 Å². The number of rotatable bonds is 7. The number of hydrazine groups is 1. The molecular formula is C12H14F4N2O4. The highest BCUT2D eigenvalue weighted by atomic mass is 19.2. The molecule has 2 unspecified atom stereocenters. The van der Waals surface area contributed by atoms with E-state index in [2.05, 4.69) is 4.74 Å². The molecule has 124 valence electrons. The number of nitrogens with zero attached hydrogens (tertiary/aromatic N) is 1. The molecular weight excluding hydrogens is 312 g/mol. The number of alkyl halides is 1. The molecule has 0 radical (unpaired) electrons. The van der Waals surface area contributed by atoms with E-state index < -0.39 is 54.7 Å². The highest BCUT2D eigenvalue weighted by molar-refractivity contribution is 5.77. The molecule has 2 atom stereocenters. The van der Waals surface area contributed by atoms with Gasteiger partial charge in [0.15, 0.2) is 11.7 Å². The summed E-state index contributed by atoms with van der Waals surface area (Å²) in [6.45, 7) is 1.40. The van der Waals surface area contributed by atoms with E-state index in [1.165, 1.54) is 6.92 Å². The number of nitrogens with one attached hydrogen (secondary N) is 1. The zero-order valence-electron chi connectivity index (χ0n) is 11.5. The SMILES string of the molecule is CCOC(=O)C(CCC(=O)O)NN1C(F)=C(F)C=C(F)C1F. The molecule has 0 bridgehead atoms. The first-order valence-electron chi connectivity index (χ1n) is 6.28. The van der Waals surface area contributed by atoms with Gasteiger partial charge < -0.3 is 9.84 Å². The topological polar surface area (TPSA) is 78.9 Å². The molecule has 0 saturated heterocycles. The molecule has 10 heteroatoms. The Balaban J connectivity index is 2.90. The molecule has 0 spiro atoms. The first-order chi connectivity index (χ1) is 10.3. The number of aliphatic carboxylic acids is 1. The van der Waals surface area contributed by atoms with Crippen molar-refractivity contribution in [2.75, 3.05) is 6.61 Å². The summed E-state index contributed by atoms with van der Waals surface area (Å²) in [6, 6.07) is -1.49. The minimum absolute atomic E-state index is 0.0365. The molecule has 0 aromatic heterocycles. The van der Waals surface area contributed by atoms with E-state index in [4.69, 9.17) is 5.11 Å². The maximum Gasteiger partial charge on any atom is 0.324 e. The molecule has 1 rings (SSSR count). The lowest BCUT2D eigenvalue weighted by Gasteiger charge is -2.31. The average molecular weight is 326 g/mol. The van der Waals surface area contributed by atoms with Crippen LogP contribution in [-0.2, 0) is 14.3 Å².